The van der Waals surface area contributed by atoms with Crippen molar-refractivity contribution in [2.75, 3.05) is 11.2 Å². The van der Waals surface area contributed by atoms with Crippen LogP contribution in [0.2, 0.25) is 0 Å². The van der Waals surface area contributed by atoms with Gasteiger partial charge in [0, 0.05) is 23.9 Å². The zero-order valence-corrected chi connectivity index (χ0v) is 16.0. The fraction of sp³-hybridized carbons (Fsp3) is 0.444. The molecule has 138 valence electrons. The van der Waals surface area contributed by atoms with Crippen LogP contribution in [0.25, 0.3) is 0 Å². The number of benzene rings is 1. The van der Waals surface area contributed by atoms with Gasteiger partial charge in [0.2, 0.25) is 5.78 Å². The lowest BCUT2D eigenvalue weighted by molar-refractivity contribution is 0.104. The fourth-order valence-electron chi connectivity index (χ4n) is 3.96. The Bertz CT molecular complexity index is 940. The van der Waals surface area contributed by atoms with Crippen LogP contribution >= 0.6 is 11.3 Å². The fourth-order valence-corrected chi connectivity index (χ4v) is 5.65. The summed E-state index contributed by atoms with van der Waals surface area (Å²) in [6.45, 7) is 0. The Hall–Kier alpha value is -1.77. The molecule has 1 aromatic carbocycles. The van der Waals surface area contributed by atoms with E-state index in [2.05, 4.69) is 9.88 Å². The highest BCUT2D eigenvalue weighted by Gasteiger charge is 2.41. The van der Waals surface area contributed by atoms with E-state index in [0.29, 0.717) is 10.4 Å². The minimum absolute atomic E-state index is 0.135. The average Bonchev–Trinajstić information content (AvgIpc) is 3.16. The van der Waals surface area contributed by atoms with Gasteiger partial charge in [-0.05, 0) is 37.8 Å². The summed E-state index contributed by atoms with van der Waals surface area (Å²) >= 11 is 1.34. The number of carbonyl (C=O) groups excluding carboxylic acids is 1. The number of sulfone groups is 1. The molecule has 3 heterocycles. The molecule has 0 aliphatic carbocycles. The molecule has 2 atom stereocenters. The summed E-state index contributed by atoms with van der Waals surface area (Å²) in [4.78, 5) is 20.1. The van der Waals surface area contributed by atoms with Gasteiger partial charge in [-0.1, -0.05) is 23.5 Å². The van der Waals surface area contributed by atoms with Crippen molar-refractivity contribution < 1.29 is 18.3 Å². The molecule has 2 fully saturated rings. The number of carbonyl (C=O) groups is 1. The zero-order chi connectivity index (χ0) is 18.5. The summed E-state index contributed by atoms with van der Waals surface area (Å²) in [5, 5.41) is 10.8. The van der Waals surface area contributed by atoms with E-state index in [4.69, 9.17) is 0 Å². The standard InChI is InChI=1S/C18H20N2O4S2/c1-26(23,24)15-4-2-3-11(7-15)17(22)16-10-19-18(25-16)20-12-5-6-13(20)9-14(21)8-12/h2-4,7,10,12-14,21H,5-6,8-9H2,1H3. The van der Waals surface area contributed by atoms with Crippen LogP contribution in [0.3, 0.4) is 0 Å². The lowest BCUT2D eigenvalue weighted by atomic mass is 10.0. The maximum atomic E-state index is 12.8. The Morgan fingerprint density at radius 1 is 1.27 bits per heavy atom. The molecular formula is C18H20N2O4S2. The molecule has 2 unspecified atom stereocenters. The predicted octanol–water partition coefficient (Wildman–Crippen LogP) is 2.27. The maximum absolute atomic E-state index is 12.8. The van der Waals surface area contributed by atoms with E-state index in [1.54, 1.807) is 18.3 Å². The van der Waals surface area contributed by atoms with E-state index in [-0.39, 0.29) is 28.9 Å². The lowest BCUT2D eigenvalue weighted by Crippen LogP contribution is -2.44. The largest absolute Gasteiger partial charge is 0.393 e. The number of hydrogen-bond donors (Lipinski definition) is 1. The smallest absolute Gasteiger partial charge is 0.204 e. The molecular weight excluding hydrogens is 372 g/mol. The molecule has 26 heavy (non-hydrogen) atoms. The van der Waals surface area contributed by atoms with Crippen molar-refractivity contribution in [1.82, 2.24) is 4.98 Å². The normalized spacial score (nSPS) is 25.5. The van der Waals surface area contributed by atoms with Crippen molar-refractivity contribution in [1.29, 1.82) is 0 Å². The third-order valence-electron chi connectivity index (χ3n) is 5.17. The van der Waals surface area contributed by atoms with Crippen molar-refractivity contribution >= 4 is 32.1 Å². The maximum Gasteiger partial charge on any atom is 0.204 e. The van der Waals surface area contributed by atoms with Gasteiger partial charge in [-0.25, -0.2) is 13.4 Å². The van der Waals surface area contributed by atoms with E-state index < -0.39 is 9.84 Å². The minimum Gasteiger partial charge on any atom is -0.393 e. The first-order valence-corrected chi connectivity index (χ1v) is 11.3. The van der Waals surface area contributed by atoms with Crippen LogP contribution in [0.15, 0.2) is 35.4 Å². The second-order valence-electron chi connectivity index (χ2n) is 7.05. The summed E-state index contributed by atoms with van der Waals surface area (Å²) in [7, 11) is -3.36. The van der Waals surface area contributed by atoms with Gasteiger partial charge in [0.05, 0.1) is 22.1 Å². The molecule has 0 saturated carbocycles. The second-order valence-corrected chi connectivity index (χ2v) is 10.1. The number of anilines is 1. The van der Waals surface area contributed by atoms with Gasteiger partial charge in [0.1, 0.15) is 0 Å². The Morgan fingerprint density at radius 2 is 1.96 bits per heavy atom. The first kappa shape index (κ1) is 17.6. The molecule has 8 heteroatoms. The molecule has 2 aliphatic heterocycles. The van der Waals surface area contributed by atoms with Crippen LogP contribution < -0.4 is 4.90 Å². The number of thiazole rings is 1. The highest BCUT2D eigenvalue weighted by Crippen LogP contribution is 2.41. The second kappa shape index (κ2) is 6.44. The van der Waals surface area contributed by atoms with Crippen LogP contribution in [0, 0.1) is 0 Å². The highest BCUT2D eigenvalue weighted by atomic mass is 32.2. The molecule has 0 radical (unpaired) electrons. The monoisotopic (exact) mass is 392 g/mol. The molecule has 1 N–H and O–H groups in total. The van der Waals surface area contributed by atoms with Gasteiger partial charge >= 0.3 is 0 Å². The van der Waals surface area contributed by atoms with E-state index >= 15 is 0 Å². The average molecular weight is 393 g/mol. The van der Waals surface area contributed by atoms with Crippen LogP contribution in [0.4, 0.5) is 5.13 Å². The van der Waals surface area contributed by atoms with Gasteiger partial charge in [-0.15, -0.1) is 0 Å². The molecule has 0 amide bonds. The van der Waals surface area contributed by atoms with Crippen LogP contribution in [0.1, 0.15) is 40.9 Å². The number of hydrogen-bond acceptors (Lipinski definition) is 7. The first-order valence-electron chi connectivity index (χ1n) is 8.60. The van der Waals surface area contributed by atoms with Crippen molar-refractivity contribution in [3.8, 4) is 0 Å². The number of aromatic nitrogens is 1. The highest BCUT2D eigenvalue weighted by molar-refractivity contribution is 7.90. The van der Waals surface area contributed by atoms with Gasteiger partial charge in [0.15, 0.2) is 15.0 Å². The van der Waals surface area contributed by atoms with Gasteiger partial charge in [-0.2, -0.15) is 0 Å². The summed E-state index contributed by atoms with van der Waals surface area (Å²) < 4.78 is 23.4. The van der Waals surface area contributed by atoms with E-state index in [0.717, 1.165) is 37.1 Å². The summed E-state index contributed by atoms with van der Waals surface area (Å²) in [5.74, 6) is -0.219. The molecule has 2 bridgehead atoms. The minimum atomic E-state index is -3.36. The number of rotatable bonds is 4. The van der Waals surface area contributed by atoms with Gasteiger partial charge in [0.25, 0.3) is 0 Å². The third kappa shape index (κ3) is 3.17. The summed E-state index contributed by atoms with van der Waals surface area (Å²) in [6, 6.07) is 6.67. The number of aliphatic hydroxyl groups is 1. The Kier molecular flexibility index (Phi) is 4.37. The summed E-state index contributed by atoms with van der Waals surface area (Å²) in [5.41, 5.74) is 0.347. The molecule has 1 aromatic heterocycles. The zero-order valence-electron chi connectivity index (χ0n) is 14.3. The number of nitrogens with zero attached hydrogens (tertiary/aromatic N) is 2. The molecule has 2 saturated heterocycles. The topological polar surface area (TPSA) is 87.6 Å². The first-order chi connectivity index (χ1) is 12.3. The van der Waals surface area contributed by atoms with E-state index in [1.165, 1.54) is 23.5 Å². The van der Waals surface area contributed by atoms with E-state index in [1.807, 2.05) is 0 Å². The van der Waals surface area contributed by atoms with E-state index in [9.17, 15) is 18.3 Å². The van der Waals surface area contributed by atoms with Crippen molar-refractivity contribution in [2.24, 2.45) is 0 Å². The molecule has 4 rings (SSSR count). The molecule has 2 aliphatic rings. The van der Waals surface area contributed by atoms with Crippen molar-refractivity contribution in [3.05, 3.63) is 40.9 Å². The number of piperidine rings is 1. The van der Waals surface area contributed by atoms with Crippen LogP contribution in [-0.2, 0) is 9.84 Å². The molecule has 0 spiro atoms. The van der Waals surface area contributed by atoms with Gasteiger partial charge in [-0.3, -0.25) is 4.79 Å². The quantitative estimate of drug-likeness (QED) is 0.803. The SMILES string of the molecule is CS(=O)(=O)c1cccc(C(=O)c2cnc(N3C4CCC3CC(O)C4)s2)c1. The van der Waals surface area contributed by atoms with Gasteiger partial charge < -0.3 is 10.0 Å². The Morgan fingerprint density at radius 3 is 2.62 bits per heavy atom. The third-order valence-corrected chi connectivity index (χ3v) is 7.29. The Labute approximate surface area is 156 Å². The number of ketones is 1. The van der Waals surface area contributed by atoms with Crippen molar-refractivity contribution in [3.63, 3.8) is 0 Å². The molecule has 6 nitrogen and oxygen atoms in total. The number of fused-ring (bicyclic) bond motifs is 2. The van der Waals surface area contributed by atoms with Crippen molar-refractivity contribution in [2.45, 2.75) is 48.8 Å². The van der Waals surface area contributed by atoms with Crippen LogP contribution in [-0.4, -0.2) is 48.7 Å². The van der Waals surface area contributed by atoms with Crippen LogP contribution in [0.5, 0.6) is 0 Å². The Balaban J connectivity index is 1.60. The summed E-state index contributed by atoms with van der Waals surface area (Å²) in [6.07, 6.45) is 6.03. The lowest BCUT2D eigenvalue weighted by Gasteiger charge is -2.36. The molecule has 2 aromatic rings. The predicted molar refractivity (Wildman–Crippen MR) is 99.6 cm³/mol. The number of aliphatic hydroxyl groups excluding tert-OH is 1.